The summed E-state index contributed by atoms with van der Waals surface area (Å²) in [6.45, 7) is 3.32. The summed E-state index contributed by atoms with van der Waals surface area (Å²) in [6, 6.07) is 45.5. The Balaban J connectivity index is 1.46. The molecule has 0 radical (unpaired) electrons. The second-order valence-electron chi connectivity index (χ2n) is 10.8. The predicted octanol–water partition coefficient (Wildman–Crippen LogP) is 8.37. The van der Waals surface area contributed by atoms with Gasteiger partial charge in [-0.1, -0.05) is 104 Å². The molecule has 6 rings (SSSR count). The summed E-state index contributed by atoms with van der Waals surface area (Å²) < 4.78 is 21.0. The number of hydrogen-bond acceptors (Lipinski definition) is 4. The van der Waals surface area contributed by atoms with Crippen molar-refractivity contribution < 1.29 is 19.3 Å². The fourth-order valence-corrected chi connectivity index (χ4v) is 5.90. The van der Waals surface area contributed by atoms with Gasteiger partial charge in [0.1, 0.15) is 25.6 Å². The Kier molecular flexibility index (Phi) is 8.95. The van der Waals surface area contributed by atoms with E-state index < -0.39 is 5.54 Å². The molecular formula is C39H37NO4. The van der Waals surface area contributed by atoms with Crippen LogP contribution in [0, 0.1) is 0 Å². The van der Waals surface area contributed by atoms with Gasteiger partial charge < -0.3 is 23.9 Å². The first-order chi connectivity index (χ1) is 21.7. The van der Waals surface area contributed by atoms with Gasteiger partial charge in [-0.2, -0.15) is 0 Å². The minimum Gasteiger partial charge on any atom is -0.491 e. The number of nitrogens with zero attached hydrogens (tertiary/aromatic N) is 1. The lowest BCUT2D eigenvalue weighted by molar-refractivity contribution is 0.201. The smallest absolute Gasteiger partial charge is 0.162 e. The molecule has 0 aliphatic heterocycles. The lowest BCUT2D eigenvalue weighted by atomic mass is 9.79. The molecule has 5 aromatic carbocycles. The van der Waals surface area contributed by atoms with Gasteiger partial charge in [0.2, 0.25) is 0 Å². The predicted molar refractivity (Wildman–Crippen MR) is 175 cm³/mol. The fourth-order valence-electron chi connectivity index (χ4n) is 5.90. The first kappa shape index (κ1) is 29.1. The molecule has 222 valence electrons. The van der Waals surface area contributed by atoms with Crippen molar-refractivity contribution in [2.75, 3.05) is 13.2 Å². The molecule has 0 amide bonds. The fraction of sp³-hybridized carbons (Fsp3) is 0.179. The molecule has 1 heterocycles. The molecule has 0 saturated heterocycles. The topological polar surface area (TPSA) is 52.9 Å². The van der Waals surface area contributed by atoms with E-state index in [9.17, 15) is 5.11 Å². The van der Waals surface area contributed by atoms with Crippen LogP contribution in [0.1, 0.15) is 35.6 Å². The molecule has 5 nitrogen and oxygen atoms in total. The molecule has 0 spiro atoms. The zero-order chi connectivity index (χ0) is 30.2. The minimum atomic E-state index is -0.554. The van der Waals surface area contributed by atoms with Crippen LogP contribution in [0.5, 0.6) is 17.2 Å². The number of para-hydroxylation sites is 1. The Morgan fingerprint density at radius 2 is 1.23 bits per heavy atom. The number of aromatic nitrogens is 1. The number of benzene rings is 5. The maximum atomic E-state index is 9.24. The van der Waals surface area contributed by atoms with Crippen LogP contribution in [0.2, 0.25) is 0 Å². The quantitative estimate of drug-likeness (QED) is 0.148. The average molecular weight is 584 g/mol. The molecule has 1 atom stereocenters. The largest absolute Gasteiger partial charge is 0.491 e. The number of rotatable bonds is 13. The number of fused-ring (bicyclic) bond motifs is 1. The highest BCUT2D eigenvalue weighted by molar-refractivity contribution is 5.81. The first-order valence-electron chi connectivity index (χ1n) is 15.1. The Morgan fingerprint density at radius 1 is 0.614 bits per heavy atom. The Bertz CT molecular complexity index is 1780. The molecule has 44 heavy (non-hydrogen) atoms. The van der Waals surface area contributed by atoms with Gasteiger partial charge in [0.25, 0.3) is 0 Å². The average Bonchev–Trinajstić information content (AvgIpc) is 3.52. The summed E-state index contributed by atoms with van der Waals surface area (Å²) in [5, 5.41) is 10.4. The van der Waals surface area contributed by atoms with E-state index in [2.05, 4.69) is 96.6 Å². The summed E-state index contributed by atoms with van der Waals surface area (Å²) >= 11 is 0. The van der Waals surface area contributed by atoms with Crippen LogP contribution in [0.15, 0.2) is 140 Å². The van der Waals surface area contributed by atoms with Gasteiger partial charge in [0.15, 0.2) is 11.5 Å². The van der Waals surface area contributed by atoms with Crippen LogP contribution in [-0.4, -0.2) is 22.9 Å². The van der Waals surface area contributed by atoms with Crippen molar-refractivity contribution in [3.63, 3.8) is 0 Å². The second-order valence-corrected chi connectivity index (χ2v) is 10.8. The number of aliphatic hydroxyl groups excluding tert-OH is 1. The van der Waals surface area contributed by atoms with Crippen molar-refractivity contribution in [2.24, 2.45) is 0 Å². The lowest BCUT2D eigenvalue weighted by Gasteiger charge is -2.37. The van der Waals surface area contributed by atoms with Gasteiger partial charge in [-0.05, 0) is 70.5 Å². The van der Waals surface area contributed by atoms with Crippen LogP contribution in [0.3, 0.4) is 0 Å². The van der Waals surface area contributed by atoms with E-state index in [1.165, 1.54) is 5.39 Å². The third-order valence-corrected chi connectivity index (χ3v) is 8.11. The summed E-state index contributed by atoms with van der Waals surface area (Å²) in [7, 11) is 0. The van der Waals surface area contributed by atoms with E-state index in [-0.39, 0.29) is 13.2 Å². The summed E-state index contributed by atoms with van der Waals surface area (Å²) in [5.41, 5.74) is 4.97. The van der Waals surface area contributed by atoms with E-state index in [1.807, 2.05) is 54.6 Å². The molecule has 1 N–H and O–H groups in total. The number of aliphatic hydroxyl groups is 1. The van der Waals surface area contributed by atoms with E-state index >= 15 is 0 Å². The van der Waals surface area contributed by atoms with Gasteiger partial charge in [0.05, 0.1) is 12.1 Å². The van der Waals surface area contributed by atoms with E-state index in [4.69, 9.17) is 14.2 Å². The van der Waals surface area contributed by atoms with Gasteiger partial charge >= 0.3 is 0 Å². The van der Waals surface area contributed by atoms with Gasteiger partial charge in [0, 0.05) is 11.7 Å². The molecule has 0 saturated carbocycles. The van der Waals surface area contributed by atoms with Crippen LogP contribution in [0.25, 0.3) is 10.9 Å². The number of ether oxygens (including phenoxy) is 3. The van der Waals surface area contributed by atoms with E-state index in [0.717, 1.165) is 39.9 Å². The Labute approximate surface area is 258 Å². The zero-order valence-electron chi connectivity index (χ0n) is 24.9. The van der Waals surface area contributed by atoms with Crippen LogP contribution < -0.4 is 14.2 Å². The van der Waals surface area contributed by atoms with Crippen molar-refractivity contribution in [2.45, 2.75) is 32.1 Å². The number of hydrogen-bond donors (Lipinski definition) is 1. The standard InChI is InChI=1S/C39H37NO4/c1-2-39(33-17-20-35(21-18-33)42-26-25-41,40-24-23-32-15-9-10-16-36(32)40)34-19-22-37(43-28-30-11-5-3-6-12-30)38(27-34)44-29-31-13-7-4-8-14-31/h3-24,27,41H,2,25-26,28-29H2,1H3. The Hall–Kier alpha value is -5.00. The maximum Gasteiger partial charge on any atom is 0.162 e. The van der Waals surface area contributed by atoms with Gasteiger partial charge in [-0.3, -0.25) is 0 Å². The first-order valence-corrected chi connectivity index (χ1v) is 15.1. The highest BCUT2D eigenvalue weighted by Gasteiger charge is 2.36. The normalized spacial score (nSPS) is 12.5. The third kappa shape index (κ3) is 6.05. The molecular weight excluding hydrogens is 546 g/mol. The molecule has 1 unspecified atom stereocenters. The summed E-state index contributed by atoms with van der Waals surface area (Å²) in [6.07, 6.45) is 2.96. The van der Waals surface area contributed by atoms with Crippen molar-refractivity contribution >= 4 is 10.9 Å². The van der Waals surface area contributed by atoms with Crippen LogP contribution in [-0.2, 0) is 18.8 Å². The molecule has 0 aliphatic rings. The summed E-state index contributed by atoms with van der Waals surface area (Å²) in [4.78, 5) is 0. The third-order valence-electron chi connectivity index (χ3n) is 8.11. The molecule has 0 aliphatic carbocycles. The highest BCUT2D eigenvalue weighted by Crippen LogP contribution is 2.43. The SMILES string of the molecule is CCC(c1ccc(OCCO)cc1)(c1ccc(OCc2ccccc2)c(OCc2ccccc2)c1)n1ccc2ccccc21. The van der Waals surface area contributed by atoms with E-state index in [0.29, 0.717) is 24.7 Å². The summed E-state index contributed by atoms with van der Waals surface area (Å²) in [5.74, 6) is 2.12. The monoisotopic (exact) mass is 583 g/mol. The molecule has 0 bridgehead atoms. The van der Waals surface area contributed by atoms with Gasteiger partial charge in [-0.25, -0.2) is 0 Å². The molecule has 0 fully saturated rings. The lowest BCUT2D eigenvalue weighted by Crippen LogP contribution is -2.35. The molecule has 1 aromatic heterocycles. The minimum absolute atomic E-state index is 0.0273. The van der Waals surface area contributed by atoms with Crippen LogP contribution >= 0.6 is 0 Å². The van der Waals surface area contributed by atoms with E-state index in [1.54, 1.807) is 0 Å². The van der Waals surface area contributed by atoms with Crippen molar-refractivity contribution in [3.05, 3.63) is 162 Å². The highest BCUT2D eigenvalue weighted by atomic mass is 16.5. The Morgan fingerprint density at radius 3 is 1.89 bits per heavy atom. The van der Waals surface area contributed by atoms with Gasteiger partial charge in [-0.15, -0.1) is 0 Å². The van der Waals surface area contributed by atoms with Crippen molar-refractivity contribution in [1.29, 1.82) is 0 Å². The second kappa shape index (κ2) is 13.5. The van der Waals surface area contributed by atoms with Crippen LogP contribution in [0.4, 0.5) is 0 Å². The molecule has 5 heteroatoms. The molecule has 6 aromatic rings. The maximum absolute atomic E-state index is 9.24. The zero-order valence-corrected chi connectivity index (χ0v) is 24.9. The van der Waals surface area contributed by atoms with Crippen molar-refractivity contribution in [1.82, 2.24) is 4.57 Å². The van der Waals surface area contributed by atoms with Crippen molar-refractivity contribution in [3.8, 4) is 17.2 Å².